The van der Waals surface area contributed by atoms with E-state index in [2.05, 4.69) is 6.07 Å². The summed E-state index contributed by atoms with van der Waals surface area (Å²) in [5.41, 5.74) is 8.37. The van der Waals surface area contributed by atoms with Gasteiger partial charge in [0.05, 0.1) is 0 Å². The molecule has 0 radical (unpaired) electrons. The van der Waals surface area contributed by atoms with Crippen molar-refractivity contribution < 1.29 is 9.84 Å². The Morgan fingerprint density at radius 2 is 2.36 bits per heavy atom. The van der Waals surface area contributed by atoms with E-state index in [0.717, 1.165) is 25.0 Å². The average molecular weight is 193 g/mol. The van der Waals surface area contributed by atoms with E-state index in [1.165, 1.54) is 11.1 Å². The molecule has 0 amide bonds. The van der Waals surface area contributed by atoms with Crippen LogP contribution in [0.1, 0.15) is 17.5 Å². The molecule has 0 bridgehead atoms. The number of aliphatic hydroxyl groups excluding tert-OH is 1. The van der Waals surface area contributed by atoms with Crippen LogP contribution in [-0.4, -0.2) is 17.9 Å². The second-order valence-corrected chi connectivity index (χ2v) is 3.67. The molecule has 1 atom stereocenters. The van der Waals surface area contributed by atoms with E-state index in [9.17, 15) is 0 Å². The maximum atomic E-state index is 8.73. The predicted octanol–water partition coefficient (Wildman–Crippen LogP) is 0.831. The van der Waals surface area contributed by atoms with Crippen LogP contribution in [0.5, 0.6) is 5.75 Å². The Balaban J connectivity index is 2.33. The average Bonchev–Trinajstić information content (AvgIpc) is 2.19. The van der Waals surface area contributed by atoms with Gasteiger partial charge in [0.25, 0.3) is 0 Å². The zero-order chi connectivity index (χ0) is 9.97. The minimum Gasteiger partial charge on any atom is -0.467 e. The number of aryl methyl sites for hydroxylation is 1. The second kappa shape index (κ2) is 3.98. The van der Waals surface area contributed by atoms with Gasteiger partial charge in [0.1, 0.15) is 5.75 Å². The third-order valence-electron chi connectivity index (χ3n) is 2.70. The number of aliphatic hydroxyl groups is 1. The number of nitrogens with two attached hydrogens (primary N) is 1. The molecule has 0 spiro atoms. The Labute approximate surface area is 83.5 Å². The second-order valence-electron chi connectivity index (χ2n) is 3.67. The third-order valence-corrected chi connectivity index (χ3v) is 2.70. The SMILES string of the molecule is NC1CCc2cccc(OCO)c2C1. The largest absolute Gasteiger partial charge is 0.467 e. The number of benzene rings is 1. The predicted molar refractivity (Wildman–Crippen MR) is 54.2 cm³/mol. The molecule has 0 aromatic heterocycles. The van der Waals surface area contributed by atoms with Gasteiger partial charge in [0.2, 0.25) is 0 Å². The fourth-order valence-electron chi connectivity index (χ4n) is 1.99. The Kier molecular flexibility index (Phi) is 2.70. The van der Waals surface area contributed by atoms with Crippen molar-refractivity contribution in [2.45, 2.75) is 25.3 Å². The fraction of sp³-hybridized carbons (Fsp3) is 0.455. The van der Waals surface area contributed by atoms with Crippen molar-refractivity contribution in [3.8, 4) is 5.75 Å². The van der Waals surface area contributed by atoms with Crippen molar-refractivity contribution in [2.24, 2.45) is 5.73 Å². The van der Waals surface area contributed by atoms with E-state index < -0.39 is 0 Å². The van der Waals surface area contributed by atoms with Crippen LogP contribution >= 0.6 is 0 Å². The summed E-state index contributed by atoms with van der Waals surface area (Å²) in [7, 11) is 0. The van der Waals surface area contributed by atoms with Gasteiger partial charge in [-0.25, -0.2) is 0 Å². The lowest BCUT2D eigenvalue weighted by molar-refractivity contribution is 0.0972. The van der Waals surface area contributed by atoms with E-state index in [1.54, 1.807) is 0 Å². The highest BCUT2D eigenvalue weighted by Crippen LogP contribution is 2.28. The van der Waals surface area contributed by atoms with Crippen LogP contribution in [0.3, 0.4) is 0 Å². The number of hydrogen-bond acceptors (Lipinski definition) is 3. The van der Waals surface area contributed by atoms with E-state index in [4.69, 9.17) is 15.6 Å². The molecule has 0 saturated carbocycles. The third kappa shape index (κ3) is 1.74. The minimum absolute atomic E-state index is 0.228. The Bertz CT molecular complexity index is 325. The molecule has 3 heteroatoms. The lowest BCUT2D eigenvalue weighted by Crippen LogP contribution is -2.28. The van der Waals surface area contributed by atoms with Gasteiger partial charge in [-0.2, -0.15) is 0 Å². The Hall–Kier alpha value is -1.06. The van der Waals surface area contributed by atoms with E-state index >= 15 is 0 Å². The van der Waals surface area contributed by atoms with Gasteiger partial charge in [-0.05, 0) is 36.5 Å². The van der Waals surface area contributed by atoms with Crippen molar-refractivity contribution in [1.82, 2.24) is 0 Å². The summed E-state index contributed by atoms with van der Waals surface area (Å²) in [4.78, 5) is 0. The quantitative estimate of drug-likeness (QED) is 0.684. The lowest BCUT2D eigenvalue weighted by Gasteiger charge is -2.23. The summed E-state index contributed by atoms with van der Waals surface area (Å²) in [5, 5.41) is 8.73. The van der Waals surface area contributed by atoms with Crippen molar-refractivity contribution in [3.63, 3.8) is 0 Å². The molecule has 0 fully saturated rings. The summed E-state index contributed by atoms with van der Waals surface area (Å²) < 4.78 is 5.15. The first kappa shape index (κ1) is 9.49. The molecule has 1 aliphatic rings. The summed E-state index contributed by atoms with van der Waals surface area (Å²) >= 11 is 0. The van der Waals surface area contributed by atoms with Crippen LogP contribution in [0.4, 0.5) is 0 Å². The number of hydrogen-bond donors (Lipinski definition) is 2. The highest BCUT2D eigenvalue weighted by Gasteiger charge is 2.18. The standard InChI is InChI=1S/C11H15NO2/c12-9-5-4-8-2-1-3-11(14-7-13)10(8)6-9/h1-3,9,13H,4-7,12H2. The molecule has 1 aromatic rings. The molecule has 0 aliphatic heterocycles. The summed E-state index contributed by atoms with van der Waals surface area (Å²) in [6.07, 6.45) is 2.90. The van der Waals surface area contributed by atoms with E-state index in [-0.39, 0.29) is 12.8 Å². The van der Waals surface area contributed by atoms with Gasteiger partial charge in [-0.1, -0.05) is 12.1 Å². The molecule has 14 heavy (non-hydrogen) atoms. The molecule has 2 rings (SSSR count). The maximum absolute atomic E-state index is 8.73. The summed E-state index contributed by atoms with van der Waals surface area (Å²) in [6, 6.07) is 6.17. The first-order valence-corrected chi connectivity index (χ1v) is 4.91. The van der Waals surface area contributed by atoms with Gasteiger partial charge in [0, 0.05) is 6.04 Å². The molecular formula is C11H15NO2. The maximum Gasteiger partial charge on any atom is 0.186 e. The molecule has 0 heterocycles. The molecule has 3 nitrogen and oxygen atoms in total. The number of rotatable bonds is 2. The first-order valence-electron chi connectivity index (χ1n) is 4.91. The van der Waals surface area contributed by atoms with Crippen LogP contribution in [0.15, 0.2) is 18.2 Å². The zero-order valence-electron chi connectivity index (χ0n) is 8.07. The molecule has 3 N–H and O–H groups in total. The summed E-state index contributed by atoms with van der Waals surface area (Å²) in [6.45, 7) is -0.272. The van der Waals surface area contributed by atoms with Gasteiger partial charge in [-0.3, -0.25) is 0 Å². The van der Waals surface area contributed by atoms with Gasteiger partial charge < -0.3 is 15.6 Å². The van der Waals surface area contributed by atoms with E-state index in [1.807, 2.05) is 12.1 Å². The van der Waals surface area contributed by atoms with Crippen LogP contribution in [0, 0.1) is 0 Å². The highest BCUT2D eigenvalue weighted by atomic mass is 16.6. The van der Waals surface area contributed by atoms with Gasteiger partial charge >= 0.3 is 0 Å². The number of fused-ring (bicyclic) bond motifs is 1. The fourth-order valence-corrected chi connectivity index (χ4v) is 1.99. The Morgan fingerprint density at radius 3 is 3.14 bits per heavy atom. The van der Waals surface area contributed by atoms with Gasteiger partial charge in [0.15, 0.2) is 6.79 Å². The van der Waals surface area contributed by atoms with Crippen LogP contribution < -0.4 is 10.5 Å². The molecule has 1 aliphatic carbocycles. The van der Waals surface area contributed by atoms with Crippen LogP contribution in [-0.2, 0) is 12.8 Å². The van der Waals surface area contributed by atoms with Crippen molar-refractivity contribution >= 4 is 0 Å². The normalized spacial score (nSPS) is 20.3. The Morgan fingerprint density at radius 1 is 1.50 bits per heavy atom. The first-order chi connectivity index (χ1) is 6.81. The van der Waals surface area contributed by atoms with Crippen LogP contribution in [0.25, 0.3) is 0 Å². The lowest BCUT2D eigenvalue weighted by atomic mass is 9.88. The van der Waals surface area contributed by atoms with Crippen LogP contribution in [0.2, 0.25) is 0 Å². The van der Waals surface area contributed by atoms with Gasteiger partial charge in [-0.15, -0.1) is 0 Å². The molecule has 0 saturated heterocycles. The zero-order valence-corrected chi connectivity index (χ0v) is 8.07. The smallest absolute Gasteiger partial charge is 0.186 e. The summed E-state index contributed by atoms with van der Waals surface area (Å²) in [5.74, 6) is 0.778. The van der Waals surface area contributed by atoms with Crippen molar-refractivity contribution in [2.75, 3.05) is 6.79 Å². The molecule has 1 unspecified atom stereocenters. The van der Waals surface area contributed by atoms with E-state index in [0.29, 0.717) is 0 Å². The monoisotopic (exact) mass is 193 g/mol. The highest BCUT2D eigenvalue weighted by molar-refractivity contribution is 5.42. The van der Waals surface area contributed by atoms with Crippen molar-refractivity contribution in [1.29, 1.82) is 0 Å². The minimum atomic E-state index is -0.272. The topological polar surface area (TPSA) is 55.5 Å². The molecule has 76 valence electrons. The van der Waals surface area contributed by atoms with Crippen molar-refractivity contribution in [3.05, 3.63) is 29.3 Å². The number of ether oxygens (including phenoxy) is 1. The molecule has 1 aromatic carbocycles. The molecular weight excluding hydrogens is 178 g/mol.